The standard InChI is InChI=1S/C31H33N5O4/c1-21(33-26-20-24(40-2)19-23-13-8-16-32-29(23)26)10-9-17-35-30(25-14-6-7-15-28(25)36(38)39)34-27(31(35)37)18-22-11-4-3-5-12-22/h3-8,11-16,19-21,27,30,33-34H,9-10,17-18H2,1-2H3/t21?,27-,30?/m0/s1. The lowest BCUT2D eigenvalue weighted by molar-refractivity contribution is -0.386. The highest BCUT2D eigenvalue weighted by atomic mass is 16.6. The van der Waals surface area contributed by atoms with Gasteiger partial charge in [-0.25, -0.2) is 0 Å². The number of nitrogens with zero attached hydrogens (tertiary/aromatic N) is 3. The minimum Gasteiger partial charge on any atom is -0.497 e. The number of nitrogens with one attached hydrogen (secondary N) is 2. The second kappa shape index (κ2) is 12.1. The molecule has 2 unspecified atom stereocenters. The molecular formula is C31H33N5O4. The number of methoxy groups -OCH3 is 1. The Hall–Kier alpha value is -4.50. The van der Waals surface area contributed by atoms with Crippen molar-refractivity contribution < 1.29 is 14.5 Å². The van der Waals surface area contributed by atoms with Crippen LogP contribution in [0.4, 0.5) is 11.4 Å². The van der Waals surface area contributed by atoms with Crippen molar-refractivity contribution in [2.24, 2.45) is 0 Å². The van der Waals surface area contributed by atoms with E-state index in [0.29, 0.717) is 24.9 Å². The number of ether oxygens (including phenoxy) is 1. The molecule has 0 bridgehead atoms. The van der Waals surface area contributed by atoms with Crippen LogP contribution in [0.1, 0.15) is 37.1 Å². The number of pyridine rings is 1. The van der Waals surface area contributed by atoms with Gasteiger partial charge in [0.1, 0.15) is 11.9 Å². The Morgan fingerprint density at radius 2 is 1.88 bits per heavy atom. The molecule has 3 atom stereocenters. The van der Waals surface area contributed by atoms with Crippen LogP contribution in [0, 0.1) is 10.1 Å². The van der Waals surface area contributed by atoms with Gasteiger partial charge in [-0.3, -0.25) is 25.2 Å². The number of anilines is 1. The normalized spacial score (nSPS) is 17.6. The Bertz CT molecular complexity index is 1500. The molecule has 40 heavy (non-hydrogen) atoms. The van der Waals surface area contributed by atoms with Gasteiger partial charge in [0.2, 0.25) is 5.91 Å². The highest BCUT2D eigenvalue weighted by Gasteiger charge is 2.41. The Kier molecular flexibility index (Phi) is 8.21. The Morgan fingerprint density at radius 3 is 2.65 bits per heavy atom. The number of carbonyl (C=O) groups is 1. The molecule has 0 radical (unpaired) electrons. The third-order valence-corrected chi connectivity index (χ3v) is 7.31. The number of nitro benzene ring substituents is 1. The van der Waals surface area contributed by atoms with E-state index in [4.69, 9.17) is 4.74 Å². The predicted octanol–water partition coefficient (Wildman–Crippen LogP) is 5.47. The maximum atomic E-state index is 13.6. The molecule has 0 saturated carbocycles. The van der Waals surface area contributed by atoms with E-state index in [9.17, 15) is 14.9 Å². The Labute approximate surface area is 233 Å². The third-order valence-electron chi connectivity index (χ3n) is 7.31. The number of aromatic nitrogens is 1. The molecule has 9 heteroatoms. The fourth-order valence-corrected chi connectivity index (χ4v) is 5.36. The average molecular weight is 540 g/mol. The summed E-state index contributed by atoms with van der Waals surface area (Å²) in [5.41, 5.74) is 3.30. The van der Waals surface area contributed by atoms with Crippen molar-refractivity contribution in [3.8, 4) is 5.75 Å². The molecule has 4 aromatic rings. The third kappa shape index (κ3) is 5.89. The largest absolute Gasteiger partial charge is 0.497 e. The van der Waals surface area contributed by atoms with E-state index in [1.807, 2.05) is 54.6 Å². The highest BCUT2D eigenvalue weighted by Crippen LogP contribution is 2.33. The predicted molar refractivity (Wildman–Crippen MR) is 155 cm³/mol. The van der Waals surface area contributed by atoms with Gasteiger partial charge in [0, 0.05) is 36.3 Å². The van der Waals surface area contributed by atoms with Crippen LogP contribution in [0.25, 0.3) is 10.9 Å². The van der Waals surface area contributed by atoms with Crippen molar-refractivity contribution in [3.05, 3.63) is 106 Å². The van der Waals surface area contributed by atoms with Gasteiger partial charge in [-0.05, 0) is 49.9 Å². The first-order chi connectivity index (χ1) is 19.4. The molecule has 5 rings (SSSR count). The van der Waals surface area contributed by atoms with Gasteiger partial charge in [-0.1, -0.05) is 48.5 Å². The molecular weight excluding hydrogens is 506 g/mol. The lowest BCUT2D eigenvalue weighted by Crippen LogP contribution is -2.33. The first-order valence-electron chi connectivity index (χ1n) is 13.5. The number of nitro groups is 1. The summed E-state index contributed by atoms with van der Waals surface area (Å²) in [6.07, 6.45) is 3.21. The average Bonchev–Trinajstić information content (AvgIpc) is 3.27. The molecule has 3 aromatic carbocycles. The Morgan fingerprint density at radius 1 is 1.10 bits per heavy atom. The highest BCUT2D eigenvalue weighted by molar-refractivity contribution is 5.92. The van der Waals surface area contributed by atoms with E-state index in [0.717, 1.165) is 34.3 Å². The van der Waals surface area contributed by atoms with Crippen molar-refractivity contribution in [1.82, 2.24) is 15.2 Å². The summed E-state index contributed by atoms with van der Waals surface area (Å²) in [6.45, 7) is 2.56. The van der Waals surface area contributed by atoms with Crippen LogP contribution >= 0.6 is 0 Å². The maximum Gasteiger partial charge on any atom is 0.276 e. The van der Waals surface area contributed by atoms with Gasteiger partial charge in [0.25, 0.3) is 5.69 Å². The molecule has 0 aliphatic carbocycles. The van der Waals surface area contributed by atoms with E-state index in [-0.39, 0.29) is 22.6 Å². The molecule has 9 nitrogen and oxygen atoms in total. The summed E-state index contributed by atoms with van der Waals surface area (Å²) in [5.74, 6) is 0.705. The summed E-state index contributed by atoms with van der Waals surface area (Å²) in [4.78, 5) is 31.3. The van der Waals surface area contributed by atoms with Gasteiger partial charge in [-0.15, -0.1) is 0 Å². The lowest BCUT2D eigenvalue weighted by atomic mass is 10.1. The topological polar surface area (TPSA) is 110 Å². The van der Waals surface area contributed by atoms with Crippen molar-refractivity contribution in [3.63, 3.8) is 0 Å². The fraction of sp³-hybridized carbons (Fsp3) is 0.290. The van der Waals surface area contributed by atoms with Gasteiger partial charge in [-0.2, -0.15) is 0 Å². The van der Waals surface area contributed by atoms with E-state index >= 15 is 0 Å². The van der Waals surface area contributed by atoms with Crippen LogP contribution < -0.4 is 15.4 Å². The zero-order chi connectivity index (χ0) is 28.1. The van der Waals surface area contributed by atoms with E-state index < -0.39 is 12.2 Å². The molecule has 206 valence electrons. The zero-order valence-electron chi connectivity index (χ0n) is 22.6. The number of para-hydroxylation sites is 1. The summed E-state index contributed by atoms with van der Waals surface area (Å²) >= 11 is 0. The molecule has 2 N–H and O–H groups in total. The summed E-state index contributed by atoms with van der Waals surface area (Å²) < 4.78 is 5.47. The molecule has 1 fully saturated rings. The SMILES string of the molecule is COc1cc(NC(C)CCCN2C(=O)[C@H](Cc3ccccc3)NC2c2ccccc2[N+](=O)[O-])c2ncccc2c1. The second-order valence-electron chi connectivity index (χ2n) is 10.1. The van der Waals surface area contributed by atoms with Crippen LogP contribution in [0.2, 0.25) is 0 Å². The van der Waals surface area contributed by atoms with Crippen LogP contribution in [-0.4, -0.2) is 46.5 Å². The molecule has 1 aromatic heterocycles. The zero-order valence-corrected chi connectivity index (χ0v) is 22.6. The molecule has 1 saturated heterocycles. The number of hydrogen-bond donors (Lipinski definition) is 2. The Balaban J connectivity index is 1.31. The second-order valence-corrected chi connectivity index (χ2v) is 10.1. The number of rotatable bonds is 11. The van der Waals surface area contributed by atoms with Crippen LogP contribution in [-0.2, 0) is 11.2 Å². The number of carbonyl (C=O) groups excluding carboxylic acids is 1. The van der Waals surface area contributed by atoms with Crippen molar-refractivity contribution >= 4 is 28.2 Å². The molecule has 0 spiro atoms. The van der Waals surface area contributed by atoms with Gasteiger partial charge < -0.3 is 15.0 Å². The molecule has 1 aliphatic heterocycles. The molecule has 2 heterocycles. The summed E-state index contributed by atoms with van der Waals surface area (Å²) in [6, 6.07) is 23.9. The minimum absolute atomic E-state index is 0.00518. The number of hydrogen-bond acceptors (Lipinski definition) is 7. The van der Waals surface area contributed by atoms with Crippen LogP contribution in [0.3, 0.4) is 0 Å². The first-order valence-corrected chi connectivity index (χ1v) is 13.5. The van der Waals surface area contributed by atoms with Crippen molar-refractivity contribution in [2.75, 3.05) is 19.0 Å². The van der Waals surface area contributed by atoms with Crippen molar-refractivity contribution in [2.45, 2.75) is 44.4 Å². The number of benzene rings is 3. The van der Waals surface area contributed by atoms with Gasteiger partial charge >= 0.3 is 0 Å². The smallest absolute Gasteiger partial charge is 0.276 e. The summed E-state index contributed by atoms with van der Waals surface area (Å²) in [7, 11) is 1.64. The molecule has 1 aliphatic rings. The quantitative estimate of drug-likeness (QED) is 0.192. The maximum absolute atomic E-state index is 13.6. The van der Waals surface area contributed by atoms with Gasteiger partial charge in [0.15, 0.2) is 0 Å². The lowest BCUT2D eigenvalue weighted by Gasteiger charge is -2.25. The van der Waals surface area contributed by atoms with Gasteiger partial charge in [0.05, 0.1) is 34.8 Å². The number of amides is 1. The van der Waals surface area contributed by atoms with E-state index in [1.165, 1.54) is 6.07 Å². The number of fused-ring (bicyclic) bond motifs is 1. The fourth-order valence-electron chi connectivity index (χ4n) is 5.36. The molecule has 1 amide bonds. The summed E-state index contributed by atoms with van der Waals surface area (Å²) in [5, 5.41) is 19.7. The van der Waals surface area contributed by atoms with E-state index in [2.05, 4.69) is 22.5 Å². The van der Waals surface area contributed by atoms with Crippen LogP contribution in [0.5, 0.6) is 5.75 Å². The minimum atomic E-state index is -0.572. The first kappa shape index (κ1) is 27.1. The van der Waals surface area contributed by atoms with E-state index in [1.54, 1.807) is 36.4 Å². The monoisotopic (exact) mass is 539 g/mol. The van der Waals surface area contributed by atoms with Crippen LogP contribution in [0.15, 0.2) is 85.1 Å². The van der Waals surface area contributed by atoms with Crippen molar-refractivity contribution in [1.29, 1.82) is 0 Å².